The van der Waals surface area contributed by atoms with E-state index in [1.165, 1.54) is 11.9 Å². The van der Waals surface area contributed by atoms with Gasteiger partial charge in [0.15, 0.2) is 0 Å². The number of amides is 1. The van der Waals surface area contributed by atoms with Crippen LogP contribution in [0.5, 0.6) is 0 Å². The Morgan fingerprint density at radius 1 is 1.35 bits per heavy atom. The first-order chi connectivity index (χ1) is 12.4. The van der Waals surface area contributed by atoms with E-state index >= 15 is 0 Å². The monoisotopic (exact) mass is 389 g/mol. The quantitative estimate of drug-likeness (QED) is 0.783. The first kappa shape index (κ1) is 18.6. The maximum Gasteiger partial charge on any atom is 0.238 e. The third-order valence-corrected chi connectivity index (χ3v) is 7.25. The van der Waals surface area contributed by atoms with Crippen LogP contribution >= 0.6 is 11.3 Å². The van der Waals surface area contributed by atoms with E-state index in [-0.39, 0.29) is 18.2 Å². The van der Waals surface area contributed by atoms with Crippen LogP contribution in [-0.2, 0) is 33.5 Å². The van der Waals surface area contributed by atoms with Gasteiger partial charge in [-0.2, -0.15) is 9.57 Å². The lowest BCUT2D eigenvalue weighted by Crippen LogP contribution is -2.43. The minimum Gasteiger partial charge on any atom is -0.337 e. The van der Waals surface area contributed by atoms with Gasteiger partial charge < -0.3 is 4.90 Å². The zero-order chi connectivity index (χ0) is 18.7. The SMILES string of the molecule is CN(CC(=O)N1CCc2sccc2C1)S(=O)(=O)Cc1ccccc1C#N. The molecule has 0 aliphatic carbocycles. The van der Waals surface area contributed by atoms with Gasteiger partial charge in [0.1, 0.15) is 0 Å². The number of sulfonamides is 1. The highest BCUT2D eigenvalue weighted by Gasteiger charge is 2.27. The molecule has 1 amide bonds. The average Bonchev–Trinajstić information content (AvgIpc) is 3.09. The second-order valence-electron chi connectivity index (χ2n) is 6.22. The van der Waals surface area contributed by atoms with Gasteiger partial charge in [0, 0.05) is 25.0 Å². The van der Waals surface area contributed by atoms with E-state index in [9.17, 15) is 13.2 Å². The molecule has 0 unspecified atom stereocenters. The van der Waals surface area contributed by atoms with Crippen LogP contribution < -0.4 is 0 Å². The van der Waals surface area contributed by atoms with E-state index in [0.717, 1.165) is 16.3 Å². The highest BCUT2D eigenvalue weighted by atomic mass is 32.2. The van der Waals surface area contributed by atoms with E-state index in [1.807, 2.05) is 17.5 Å². The van der Waals surface area contributed by atoms with Gasteiger partial charge in [-0.15, -0.1) is 11.3 Å². The molecule has 0 spiro atoms. The van der Waals surface area contributed by atoms with Crippen LogP contribution in [0.1, 0.15) is 21.6 Å². The Hall–Kier alpha value is -2.21. The van der Waals surface area contributed by atoms with Crippen LogP contribution in [0.4, 0.5) is 0 Å². The first-order valence-electron chi connectivity index (χ1n) is 8.16. The molecular formula is C18H19N3O3S2. The fourth-order valence-electron chi connectivity index (χ4n) is 2.91. The average molecular weight is 390 g/mol. The second-order valence-corrected chi connectivity index (χ2v) is 9.29. The lowest BCUT2D eigenvalue weighted by molar-refractivity contribution is -0.132. The van der Waals surface area contributed by atoms with Gasteiger partial charge in [-0.3, -0.25) is 4.79 Å². The van der Waals surface area contributed by atoms with Crippen molar-refractivity contribution in [2.75, 3.05) is 20.1 Å². The molecule has 1 aliphatic heterocycles. The largest absolute Gasteiger partial charge is 0.337 e. The lowest BCUT2D eigenvalue weighted by Gasteiger charge is -2.28. The number of hydrogen-bond donors (Lipinski definition) is 0. The van der Waals surface area contributed by atoms with E-state index in [4.69, 9.17) is 5.26 Å². The number of fused-ring (bicyclic) bond motifs is 1. The van der Waals surface area contributed by atoms with Crippen molar-refractivity contribution in [2.24, 2.45) is 0 Å². The van der Waals surface area contributed by atoms with Crippen molar-refractivity contribution >= 4 is 27.3 Å². The highest BCUT2D eigenvalue weighted by Crippen LogP contribution is 2.24. The summed E-state index contributed by atoms with van der Waals surface area (Å²) in [6.45, 7) is 0.941. The molecule has 2 aromatic rings. The predicted octanol–water partition coefficient (Wildman–Crippen LogP) is 1.97. The summed E-state index contributed by atoms with van der Waals surface area (Å²) in [6.07, 6.45) is 0.810. The van der Waals surface area contributed by atoms with Crippen molar-refractivity contribution in [3.05, 3.63) is 57.3 Å². The summed E-state index contributed by atoms with van der Waals surface area (Å²) in [4.78, 5) is 15.5. The number of carbonyl (C=O) groups excluding carboxylic acids is 1. The number of carbonyl (C=O) groups is 1. The molecule has 1 aliphatic rings. The van der Waals surface area contributed by atoms with E-state index < -0.39 is 10.0 Å². The highest BCUT2D eigenvalue weighted by molar-refractivity contribution is 7.88. The molecule has 8 heteroatoms. The first-order valence-corrected chi connectivity index (χ1v) is 10.6. The smallest absolute Gasteiger partial charge is 0.238 e. The van der Waals surface area contributed by atoms with Gasteiger partial charge in [0.25, 0.3) is 0 Å². The molecule has 1 aromatic carbocycles. The predicted molar refractivity (Wildman–Crippen MR) is 99.9 cm³/mol. The summed E-state index contributed by atoms with van der Waals surface area (Å²) in [5, 5.41) is 11.1. The lowest BCUT2D eigenvalue weighted by atomic mass is 10.1. The zero-order valence-electron chi connectivity index (χ0n) is 14.4. The van der Waals surface area contributed by atoms with Crippen molar-refractivity contribution in [2.45, 2.75) is 18.7 Å². The van der Waals surface area contributed by atoms with E-state index in [1.54, 1.807) is 40.5 Å². The van der Waals surface area contributed by atoms with Gasteiger partial charge in [-0.25, -0.2) is 8.42 Å². The van der Waals surface area contributed by atoms with Crippen molar-refractivity contribution in [1.29, 1.82) is 5.26 Å². The molecule has 0 radical (unpaired) electrons. The maximum atomic E-state index is 12.6. The Morgan fingerprint density at radius 3 is 2.88 bits per heavy atom. The molecule has 6 nitrogen and oxygen atoms in total. The molecule has 136 valence electrons. The number of nitrogens with zero attached hydrogens (tertiary/aromatic N) is 3. The Bertz CT molecular complexity index is 960. The molecule has 0 N–H and O–H groups in total. The van der Waals surface area contributed by atoms with Gasteiger partial charge in [-0.1, -0.05) is 18.2 Å². The maximum absolute atomic E-state index is 12.6. The summed E-state index contributed by atoms with van der Waals surface area (Å²) < 4.78 is 26.3. The number of benzene rings is 1. The number of hydrogen-bond acceptors (Lipinski definition) is 5. The Kier molecular flexibility index (Phi) is 5.41. The molecule has 0 saturated heterocycles. The third kappa shape index (κ3) is 3.96. The summed E-state index contributed by atoms with van der Waals surface area (Å²) >= 11 is 1.69. The van der Waals surface area contributed by atoms with Crippen LogP contribution in [-0.4, -0.2) is 43.7 Å². The number of nitriles is 1. The Labute approximate surface area is 157 Å². The van der Waals surface area contributed by atoms with Crippen molar-refractivity contribution in [3.63, 3.8) is 0 Å². The van der Waals surface area contributed by atoms with Gasteiger partial charge in [-0.05, 0) is 35.1 Å². The second kappa shape index (κ2) is 7.58. The molecule has 26 heavy (non-hydrogen) atoms. The minimum atomic E-state index is -3.69. The molecule has 0 bridgehead atoms. The topological polar surface area (TPSA) is 81.5 Å². The molecule has 0 saturated carbocycles. The molecule has 1 aromatic heterocycles. The standard InChI is InChI=1S/C18H19N3O3S2/c1-20(26(23,24)13-16-5-3-2-4-14(16)10-19)12-18(22)21-8-6-17-15(11-21)7-9-25-17/h2-5,7,9H,6,8,11-13H2,1H3. The summed E-state index contributed by atoms with van der Waals surface area (Å²) in [5.74, 6) is -0.503. The van der Waals surface area contributed by atoms with Crippen LogP contribution in [0.2, 0.25) is 0 Å². The van der Waals surface area contributed by atoms with Crippen LogP contribution in [0, 0.1) is 11.3 Å². The summed E-state index contributed by atoms with van der Waals surface area (Å²) in [7, 11) is -2.29. The van der Waals surface area contributed by atoms with Gasteiger partial charge in [0.2, 0.25) is 15.9 Å². The van der Waals surface area contributed by atoms with Crippen molar-refractivity contribution in [3.8, 4) is 6.07 Å². The molecule has 0 atom stereocenters. The number of likely N-dealkylation sites (N-methyl/N-ethyl adjacent to an activating group) is 1. The molecule has 3 rings (SSSR count). The van der Waals surface area contributed by atoms with Gasteiger partial charge in [0.05, 0.1) is 23.9 Å². The van der Waals surface area contributed by atoms with Crippen molar-refractivity contribution < 1.29 is 13.2 Å². The van der Waals surface area contributed by atoms with Crippen LogP contribution in [0.25, 0.3) is 0 Å². The van der Waals surface area contributed by atoms with Crippen molar-refractivity contribution in [1.82, 2.24) is 9.21 Å². The normalized spacial score (nSPS) is 14.1. The molecule has 0 fully saturated rings. The molecule has 2 heterocycles. The fraction of sp³-hybridized carbons (Fsp3) is 0.333. The minimum absolute atomic E-state index is 0.198. The van der Waals surface area contributed by atoms with E-state index in [2.05, 4.69) is 0 Å². The van der Waals surface area contributed by atoms with Gasteiger partial charge >= 0.3 is 0 Å². The third-order valence-electron chi connectivity index (χ3n) is 4.47. The summed E-state index contributed by atoms with van der Waals surface area (Å²) in [5.41, 5.74) is 1.91. The molecular weight excluding hydrogens is 370 g/mol. The zero-order valence-corrected chi connectivity index (χ0v) is 16.0. The summed E-state index contributed by atoms with van der Waals surface area (Å²) in [6, 6.07) is 10.6. The number of rotatable bonds is 5. The Balaban J connectivity index is 1.66. The fourth-order valence-corrected chi connectivity index (χ4v) is 4.97. The van der Waals surface area contributed by atoms with Crippen LogP contribution in [0.3, 0.4) is 0 Å². The Morgan fingerprint density at radius 2 is 2.12 bits per heavy atom. The number of thiophene rings is 1. The van der Waals surface area contributed by atoms with Crippen LogP contribution in [0.15, 0.2) is 35.7 Å². The van der Waals surface area contributed by atoms with E-state index in [0.29, 0.717) is 24.2 Å².